The molecule has 3 aromatic rings. The number of anilines is 2. The molecule has 4 rings (SSSR count). The SMILES string of the molecule is CCN(CCNC(=O)/C=C/C(=O)OC)c1nc(O)nc2c1CCN(c1cccc3cccc(Cl)c13)C2. The highest BCUT2D eigenvalue weighted by Crippen LogP contribution is 2.36. The third kappa shape index (κ3) is 5.52. The molecule has 0 fully saturated rings. The van der Waals surface area contributed by atoms with Gasteiger partial charge in [0.2, 0.25) is 5.91 Å². The fraction of sp³-hybridized carbons (Fsp3) is 0.308. The standard InChI is InChI=1S/C26H28ClN5O4/c1-3-31(15-13-28-22(33)10-11-23(34)36-2)25-18-12-14-32(16-20(18)29-26(35)30-25)21-9-5-7-17-6-4-8-19(27)24(17)21/h4-11H,3,12-16H2,1-2H3,(H,28,33)(H,29,30,35)/b11-10+. The molecule has 2 aromatic carbocycles. The second kappa shape index (κ2) is 11.3. The van der Waals surface area contributed by atoms with Gasteiger partial charge in [0.1, 0.15) is 5.82 Å². The zero-order chi connectivity index (χ0) is 25.7. The van der Waals surface area contributed by atoms with E-state index in [1.165, 1.54) is 7.11 Å². The van der Waals surface area contributed by atoms with Gasteiger partial charge in [-0.2, -0.15) is 9.97 Å². The molecule has 0 spiro atoms. The number of amides is 1. The number of carbonyl (C=O) groups is 2. The predicted octanol–water partition coefficient (Wildman–Crippen LogP) is 3.22. The van der Waals surface area contributed by atoms with Gasteiger partial charge in [-0.05, 0) is 30.9 Å². The summed E-state index contributed by atoms with van der Waals surface area (Å²) in [5, 5.41) is 15.8. The fourth-order valence-corrected chi connectivity index (χ4v) is 4.68. The van der Waals surface area contributed by atoms with Gasteiger partial charge < -0.3 is 25.0 Å². The minimum Gasteiger partial charge on any atom is -0.479 e. The first-order valence-electron chi connectivity index (χ1n) is 11.7. The van der Waals surface area contributed by atoms with Crippen LogP contribution in [0, 0.1) is 0 Å². The van der Waals surface area contributed by atoms with Gasteiger partial charge >= 0.3 is 12.0 Å². The van der Waals surface area contributed by atoms with Gasteiger partial charge in [-0.3, -0.25) is 4.79 Å². The average molecular weight is 510 g/mol. The number of esters is 1. The van der Waals surface area contributed by atoms with E-state index in [2.05, 4.69) is 31.0 Å². The molecule has 0 radical (unpaired) electrons. The third-order valence-electron chi connectivity index (χ3n) is 6.14. The van der Waals surface area contributed by atoms with E-state index >= 15 is 0 Å². The number of fused-ring (bicyclic) bond motifs is 2. The van der Waals surface area contributed by atoms with E-state index in [1.807, 2.05) is 42.2 Å². The van der Waals surface area contributed by atoms with Crippen LogP contribution in [-0.2, 0) is 27.3 Å². The second-order valence-electron chi connectivity index (χ2n) is 8.29. The number of hydrogen-bond acceptors (Lipinski definition) is 8. The molecule has 2 heterocycles. The number of nitrogens with one attached hydrogen (secondary N) is 1. The molecular formula is C26H28ClN5O4. The Kier molecular flexibility index (Phi) is 7.90. The molecule has 1 aliphatic rings. The molecular weight excluding hydrogens is 482 g/mol. The predicted molar refractivity (Wildman–Crippen MR) is 139 cm³/mol. The Bertz CT molecular complexity index is 1310. The van der Waals surface area contributed by atoms with Crippen LogP contribution in [0.15, 0.2) is 48.6 Å². The van der Waals surface area contributed by atoms with Crippen LogP contribution >= 0.6 is 11.6 Å². The normalized spacial score (nSPS) is 13.0. The van der Waals surface area contributed by atoms with Crippen molar-refractivity contribution in [3.63, 3.8) is 0 Å². The quantitative estimate of drug-likeness (QED) is 0.352. The lowest BCUT2D eigenvalue weighted by Crippen LogP contribution is -2.37. The summed E-state index contributed by atoms with van der Waals surface area (Å²) in [6.07, 6.45) is 2.89. The highest BCUT2D eigenvalue weighted by atomic mass is 35.5. The maximum atomic E-state index is 11.9. The van der Waals surface area contributed by atoms with Crippen molar-refractivity contribution in [2.45, 2.75) is 19.9 Å². The number of rotatable bonds is 8. The first-order valence-corrected chi connectivity index (χ1v) is 12.1. The molecule has 2 N–H and O–H groups in total. The highest BCUT2D eigenvalue weighted by Gasteiger charge is 2.26. The third-order valence-corrected chi connectivity index (χ3v) is 6.45. The van der Waals surface area contributed by atoms with Crippen molar-refractivity contribution in [2.24, 2.45) is 0 Å². The number of likely N-dealkylation sites (N-methyl/N-ethyl adjacent to an activating group) is 1. The zero-order valence-corrected chi connectivity index (χ0v) is 21.0. The molecule has 1 aromatic heterocycles. The summed E-state index contributed by atoms with van der Waals surface area (Å²) in [6, 6.07) is 11.7. The molecule has 9 nitrogen and oxygen atoms in total. The van der Waals surface area contributed by atoms with Crippen molar-refractivity contribution < 1.29 is 19.4 Å². The smallest absolute Gasteiger partial charge is 0.330 e. The molecule has 1 aliphatic heterocycles. The second-order valence-corrected chi connectivity index (χ2v) is 8.69. The van der Waals surface area contributed by atoms with Gasteiger partial charge in [0, 0.05) is 55.0 Å². The molecule has 0 aliphatic carbocycles. The highest BCUT2D eigenvalue weighted by molar-refractivity contribution is 6.36. The molecule has 188 valence electrons. The average Bonchev–Trinajstić information content (AvgIpc) is 2.88. The summed E-state index contributed by atoms with van der Waals surface area (Å²) in [5.41, 5.74) is 2.77. The summed E-state index contributed by atoms with van der Waals surface area (Å²) < 4.78 is 4.48. The van der Waals surface area contributed by atoms with E-state index in [9.17, 15) is 14.7 Å². The Hall–Kier alpha value is -3.85. The van der Waals surface area contributed by atoms with Crippen LogP contribution in [0.1, 0.15) is 18.2 Å². The number of methoxy groups -OCH3 is 1. The van der Waals surface area contributed by atoms with Crippen LogP contribution < -0.4 is 15.1 Å². The lowest BCUT2D eigenvalue weighted by molar-refractivity contribution is -0.135. The lowest BCUT2D eigenvalue weighted by atomic mass is 10.0. The topological polar surface area (TPSA) is 108 Å². The lowest BCUT2D eigenvalue weighted by Gasteiger charge is -2.33. The summed E-state index contributed by atoms with van der Waals surface area (Å²) >= 11 is 6.55. The van der Waals surface area contributed by atoms with Gasteiger partial charge in [0.15, 0.2) is 0 Å². The van der Waals surface area contributed by atoms with E-state index in [-0.39, 0.29) is 6.01 Å². The molecule has 0 unspecified atom stereocenters. The van der Waals surface area contributed by atoms with Crippen LogP contribution in [0.25, 0.3) is 10.8 Å². The van der Waals surface area contributed by atoms with Crippen molar-refractivity contribution in [1.29, 1.82) is 0 Å². The Morgan fingerprint density at radius 3 is 2.75 bits per heavy atom. The first kappa shape index (κ1) is 25.2. The monoisotopic (exact) mass is 509 g/mol. The van der Waals surface area contributed by atoms with E-state index in [0.717, 1.165) is 46.4 Å². The van der Waals surface area contributed by atoms with Gasteiger partial charge in [-0.25, -0.2) is 4.79 Å². The minimum atomic E-state index is -0.594. The zero-order valence-electron chi connectivity index (χ0n) is 20.2. The number of carbonyl (C=O) groups excluding carboxylic acids is 2. The van der Waals surface area contributed by atoms with Crippen molar-refractivity contribution >= 4 is 45.8 Å². The van der Waals surface area contributed by atoms with E-state index in [4.69, 9.17) is 11.6 Å². The Morgan fingerprint density at radius 2 is 2.00 bits per heavy atom. The number of aromatic hydroxyl groups is 1. The molecule has 0 saturated heterocycles. The van der Waals surface area contributed by atoms with Gasteiger partial charge in [-0.15, -0.1) is 0 Å². The van der Waals surface area contributed by atoms with Gasteiger partial charge in [0.05, 0.1) is 24.4 Å². The van der Waals surface area contributed by atoms with E-state index in [0.29, 0.717) is 43.4 Å². The van der Waals surface area contributed by atoms with Crippen molar-refractivity contribution in [3.05, 3.63) is 64.8 Å². The molecule has 0 atom stereocenters. The molecule has 10 heteroatoms. The van der Waals surface area contributed by atoms with E-state index in [1.54, 1.807) is 0 Å². The maximum Gasteiger partial charge on any atom is 0.330 e. The van der Waals surface area contributed by atoms with Crippen molar-refractivity contribution in [2.75, 3.05) is 43.1 Å². The Balaban J connectivity index is 1.52. The van der Waals surface area contributed by atoms with Crippen LogP contribution in [0.2, 0.25) is 5.02 Å². The summed E-state index contributed by atoms with van der Waals surface area (Å²) in [5.74, 6) is -0.327. The van der Waals surface area contributed by atoms with Crippen LogP contribution in [0.4, 0.5) is 11.5 Å². The number of aromatic nitrogens is 2. The summed E-state index contributed by atoms with van der Waals surface area (Å²) in [4.78, 5) is 36.0. The van der Waals surface area contributed by atoms with E-state index < -0.39 is 11.9 Å². The number of hydrogen-bond donors (Lipinski definition) is 2. The molecule has 1 amide bonds. The minimum absolute atomic E-state index is 0.287. The number of benzene rings is 2. The Morgan fingerprint density at radius 1 is 1.22 bits per heavy atom. The van der Waals surface area contributed by atoms with Crippen LogP contribution in [0.3, 0.4) is 0 Å². The van der Waals surface area contributed by atoms with Gasteiger partial charge in [0.25, 0.3) is 0 Å². The van der Waals surface area contributed by atoms with Crippen molar-refractivity contribution in [3.8, 4) is 6.01 Å². The molecule has 0 saturated carbocycles. The largest absolute Gasteiger partial charge is 0.479 e. The number of halogens is 1. The fourth-order valence-electron chi connectivity index (χ4n) is 4.40. The number of ether oxygens (including phenoxy) is 1. The molecule has 36 heavy (non-hydrogen) atoms. The van der Waals surface area contributed by atoms with Crippen molar-refractivity contribution in [1.82, 2.24) is 15.3 Å². The first-order chi connectivity index (χ1) is 17.4. The maximum absolute atomic E-state index is 11.9. The van der Waals surface area contributed by atoms with Crippen LogP contribution in [-0.4, -0.2) is 60.2 Å². The summed E-state index contributed by atoms with van der Waals surface area (Å²) in [7, 11) is 1.25. The molecule has 0 bridgehead atoms. The van der Waals surface area contributed by atoms with Gasteiger partial charge in [-0.1, -0.05) is 35.9 Å². The number of nitrogens with zero attached hydrogens (tertiary/aromatic N) is 4. The Labute approximate surface area is 214 Å². The van der Waals surface area contributed by atoms with Crippen LogP contribution in [0.5, 0.6) is 6.01 Å². The summed E-state index contributed by atoms with van der Waals surface area (Å²) in [6.45, 7) is 4.66.